The van der Waals surface area contributed by atoms with Crippen LogP contribution in [0.5, 0.6) is 11.5 Å². The van der Waals surface area contributed by atoms with Crippen LogP contribution in [0.3, 0.4) is 0 Å². The molecule has 1 aromatic carbocycles. The van der Waals surface area contributed by atoms with Gasteiger partial charge in [0.1, 0.15) is 0 Å². The molecular formula is C22H27NO4. The fourth-order valence-electron chi connectivity index (χ4n) is 6.15. The van der Waals surface area contributed by atoms with Crippen molar-refractivity contribution in [3.8, 4) is 11.5 Å². The Balaban J connectivity index is 1.23. The average molecular weight is 369 g/mol. The minimum atomic E-state index is -0.171. The predicted octanol–water partition coefficient (Wildman–Crippen LogP) is 3.39. The van der Waals surface area contributed by atoms with Crippen LogP contribution in [0.25, 0.3) is 6.08 Å². The highest BCUT2D eigenvalue weighted by molar-refractivity contribution is 5.91. The number of benzene rings is 1. The van der Waals surface area contributed by atoms with Gasteiger partial charge in [0.05, 0.1) is 5.60 Å². The highest BCUT2D eigenvalue weighted by atomic mass is 16.7. The quantitative estimate of drug-likeness (QED) is 0.809. The van der Waals surface area contributed by atoms with Crippen molar-refractivity contribution in [3.63, 3.8) is 0 Å². The van der Waals surface area contributed by atoms with Gasteiger partial charge in [0, 0.05) is 19.7 Å². The van der Waals surface area contributed by atoms with E-state index in [2.05, 4.69) is 5.32 Å². The smallest absolute Gasteiger partial charge is 0.244 e. The van der Waals surface area contributed by atoms with E-state index >= 15 is 0 Å². The number of amides is 1. The maximum absolute atomic E-state index is 12.4. The predicted molar refractivity (Wildman–Crippen MR) is 101 cm³/mol. The van der Waals surface area contributed by atoms with Gasteiger partial charge in [0.15, 0.2) is 11.5 Å². The van der Waals surface area contributed by atoms with Crippen LogP contribution in [0.15, 0.2) is 24.3 Å². The Labute approximate surface area is 160 Å². The molecule has 1 aromatic rings. The summed E-state index contributed by atoms with van der Waals surface area (Å²) in [6.45, 7) is 0.870. The van der Waals surface area contributed by atoms with Crippen molar-refractivity contribution in [2.45, 2.75) is 37.7 Å². The highest BCUT2D eigenvalue weighted by Crippen LogP contribution is 2.59. The van der Waals surface area contributed by atoms with Gasteiger partial charge in [0.25, 0.3) is 0 Å². The molecule has 27 heavy (non-hydrogen) atoms. The standard InChI is InChI=1S/C22H27NO4/c1-25-22(17-7-15-6-16(9-17)10-18(22)8-15)12-23-21(24)5-3-14-2-4-19-20(11-14)27-13-26-19/h2-5,11,15-18H,6-10,12-13H2,1H3,(H,23,24)/b5-3+. The first kappa shape index (κ1) is 17.1. The molecule has 0 radical (unpaired) electrons. The van der Waals surface area contributed by atoms with Crippen LogP contribution in [-0.4, -0.2) is 32.0 Å². The number of fused-ring (bicyclic) bond motifs is 1. The lowest BCUT2D eigenvalue weighted by Gasteiger charge is -2.60. The van der Waals surface area contributed by atoms with Crippen molar-refractivity contribution in [3.05, 3.63) is 29.8 Å². The molecule has 0 aromatic heterocycles. The van der Waals surface area contributed by atoms with Crippen molar-refractivity contribution in [2.75, 3.05) is 20.4 Å². The van der Waals surface area contributed by atoms with Gasteiger partial charge in [-0.2, -0.15) is 0 Å². The minimum absolute atomic E-state index is 0.0714. The van der Waals surface area contributed by atoms with Crippen LogP contribution in [-0.2, 0) is 9.53 Å². The lowest BCUT2D eigenvalue weighted by atomic mass is 9.49. The maximum atomic E-state index is 12.4. The molecule has 0 saturated heterocycles. The Morgan fingerprint density at radius 2 is 1.85 bits per heavy atom. The van der Waals surface area contributed by atoms with Crippen molar-refractivity contribution in [2.24, 2.45) is 23.7 Å². The number of carbonyl (C=O) groups excluding carboxylic acids is 1. The summed E-state index contributed by atoms with van der Waals surface area (Å²) < 4.78 is 16.8. The summed E-state index contributed by atoms with van der Waals surface area (Å²) >= 11 is 0. The van der Waals surface area contributed by atoms with Gasteiger partial charge in [-0.1, -0.05) is 6.07 Å². The molecule has 144 valence electrons. The number of nitrogens with one attached hydrogen (secondary N) is 1. The number of methoxy groups -OCH3 is 1. The Morgan fingerprint density at radius 1 is 1.15 bits per heavy atom. The lowest BCUT2D eigenvalue weighted by molar-refractivity contribution is -0.187. The van der Waals surface area contributed by atoms with Crippen LogP contribution in [0.2, 0.25) is 0 Å². The largest absolute Gasteiger partial charge is 0.454 e. The molecule has 4 saturated carbocycles. The summed E-state index contributed by atoms with van der Waals surface area (Å²) in [6.07, 6.45) is 9.89. The zero-order valence-corrected chi connectivity index (χ0v) is 15.8. The second-order valence-electron chi connectivity index (χ2n) is 8.63. The summed E-state index contributed by atoms with van der Waals surface area (Å²) in [5.74, 6) is 4.37. The fraction of sp³-hybridized carbons (Fsp3) is 0.591. The first-order valence-electron chi connectivity index (χ1n) is 10.1. The molecule has 5 heteroatoms. The van der Waals surface area contributed by atoms with E-state index in [1.165, 1.54) is 32.1 Å². The van der Waals surface area contributed by atoms with Gasteiger partial charge in [0.2, 0.25) is 12.7 Å². The topological polar surface area (TPSA) is 56.8 Å². The van der Waals surface area contributed by atoms with Gasteiger partial charge in [-0.05, 0) is 79.5 Å². The summed E-state index contributed by atoms with van der Waals surface area (Å²) in [5.41, 5.74) is 0.751. The molecule has 5 nitrogen and oxygen atoms in total. The molecule has 0 atom stereocenters. The van der Waals surface area contributed by atoms with E-state index in [0.717, 1.165) is 28.9 Å². The van der Waals surface area contributed by atoms with E-state index in [9.17, 15) is 4.79 Å². The first-order chi connectivity index (χ1) is 13.2. The maximum Gasteiger partial charge on any atom is 0.244 e. The SMILES string of the molecule is COC1(CNC(=O)/C=C/c2ccc3c(c2)OCO3)C2CC3CC(C2)CC1C3. The third-order valence-corrected chi connectivity index (χ3v) is 7.26. The van der Waals surface area contributed by atoms with Crippen molar-refractivity contribution >= 4 is 12.0 Å². The lowest BCUT2D eigenvalue weighted by Crippen LogP contribution is -2.63. The molecular weight excluding hydrogens is 342 g/mol. The highest BCUT2D eigenvalue weighted by Gasteiger charge is 2.57. The van der Waals surface area contributed by atoms with Gasteiger partial charge in [-0.25, -0.2) is 0 Å². The third-order valence-electron chi connectivity index (χ3n) is 7.26. The van der Waals surface area contributed by atoms with E-state index < -0.39 is 0 Å². The fourth-order valence-corrected chi connectivity index (χ4v) is 6.15. The van der Waals surface area contributed by atoms with Crippen LogP contribution < -0.4 is 14.8 Å². The number of ether oxygens (including phenoxy) is 3. The van der Waals surface area contributed by atoms with Gasteiger partial charge < -0.3 is 19.5 Å². The summed E-state index contributed by atoms with van der Waals surface area (Å²) in [6, 6.07) is 5.68. The zero-order chi connectivity index (χ0) is 18.4. The second kappa shape index (κ2) is 6.55. The van der Waals surface area contributed by atoms with Gasteiger partial charge >= 0.3 is 0 Å². The zero-order valence-electron chi connectivity index (χ0n) is 15.8. The summed E-state index contributed by atoms with van der Waals surface area (Å²) in [7, 11) is 1.83. The van der Waals surface area contributed by atoms with Crippen molar-refractivity contribution in [1.29, 1.82) is 0 Å². The molecule has 1 aliphatic heterocycles. The summed E-state index contributed by atoms with van der Waals surface area (Å²) in [5, 5.41) is 3.12. The van der Waals surface area contributed by atoms with Crippen molar-refractivity contribution in [1.82, 2.24) is 5.32 Å². The minimum Gasteiger partial charge on any atom is -0.454 e. The van der Waals surface area contributed by atoms with Crippen LogP contribution in [0, 0.1) is 23.7 Å². The Kier molecular flexibility index (Phi) is 4.15. The molecule has 1 amide bonds. The number of carbonyl (C=O) groups is 1. The second-order valence-corrected chi connectivity index (χ2v) is 8.63. The third kappa shape index (κ3) is 2.92. The van der Waals surface area contributed by atoms with Crippen LogP contribution in [0.1, 0.15) is 37.7 Å². The molecule has 5 aliphatic rings. The molecule has 1 N–H and O–H groups in total. The number of rotatable bonds is 5. The van der Waals surface area contributed by atoms with E-state index in [0.29, 0.717) is 18.4 Å². The normalized spacial score (nSPS) is 35.7. The molecule has 0 unspecified atom stereocenters. The molecule has 6 rings (SSSR count). The van der Waals surface area contributed by atoms with Crippen molar-refractivity contribution < 1.29 is 19.0 Å². The number of hydrogen-bond acceptors (Lipinski definition) is 4. The summed E-state index contributed by atoms with van der Waals surface area (Å²) in [4.78, 5) is 12.4. The van der Waals surface area contributed by atoms with Gasteiger partial charge in [-0.3, -0.25) is 4.79 Å². The molecule has 1 heterocycles. The van der Waals surface area contributed by atoms with E-state index in [1.807, 2.05) is 31.4 Å². The van der Waals surface area contributed by atoms with Gasteiger partial charge in [-0.15, -0.1) is 0 Å². The first-order valence-corrected chi connectivity index (χ1v) is 10.1. The average Bonchev–Trinajstić information content (AvgIpc) is 3.14. The monoisotopic (exact) mass is 369 g/mol. The molecule has 4 fully saturated rings. The van der Waals surface area contributed by atoms with Crippen LogP contribution in [0.4, 0.5) is 0 Å². The van der Waals surface area contributed by atoms with E-state index in [4.69, 9.17) is 14.2 Å². The Morgan fingerprint density at radius 3 is 2.56 bits per heavy atom. The molecule has 4 aliphatic carbocycles. The van der Waals surface area contributed by atoms with E-state index in [-0.39, 0.29) is 18.3 Å². The van der Waals surface area contributed by atoms with Crippen LogP contribution >= 0.6 is 0 Å². The Bertz CT molecular complexity index is 744. The molecule has 4 bridgehead atoms. The number of hydrogen-bond donors (Lipinski definition) is 1. The van der Waals surface area contributed by atoms with E-state index in [1.54, 1.807) is 6.08 Å². The molecule has 0 spiro atoms. The Hall–Kier alpha value is -2.01.